The van der Waals surface area contributed by atoms with Gasteiger partial charge in [0.25, 0.3) is 5.91 Å². The molecule has 5 heteroatoms. The highest BCUT2D eigenvalue weighted by atomic mass is 16.5. The van der Waals surface area contributed by atoms with Gasteiger partial charge in [0.05, 0.1) is 6.61 Å². The van der Waals surface area contributed by atoms with Crippen LogP contribution in [-0.2, 0) is 4.79 Å². The molecule has 0 bridgehead atoms. The Hall–Kier alpha value is -2.04. The summed E-state index contributed by atoms with van der Waals surface area (Å²) in [4.78, 5) is 30.8. The van der Waals surface area contributed by atoms with E-state index in [2.05, 4.69) is 5.18 Å². The Morgan fingerprint density at radius 3 is 2.53 bits per heavy atom. The number of aldehydes is 1. The summed E-state index contributed by atoms with van der Waals surface area (Å²) < 4.78 is 5.38. The molecule has 0 atom stereocenters. The van der Waals surface area contributed by atoms with Gasteiger partial charge >= 0.3 is 0 Å². The first-order valence-corrected chi connectivity index (χ1v) is 5.30. The Balaban J connectivity index is 2.19. The molecule has 0 aromatic heterocycles. The fourth-order valence-corrected chi connectivity index (χ4v) is 1.26. The maximum atomic E-state index is 10.6. The Kier molecular flexibility index (Phi) is 5.57. The molecule has 0 N–H and O–H groups in total. The van der Waals surface area contributed by atoms with E-state index < -0.39 is 5.91 Å². The van der Waals surface area contributed by atoms with Gasteiger partial charge in [0.1, 0.15) is 12.0 Å². The third-order valence-electron chi connectivity index (χ3n) is 2.17. The Morgan fingerprint density at radius 2 is 1.94 bits per heavy atom. The molecular formula is C12H13NO4. The average Bonchev–Trinajstić information content (AvgIpc) is 2.38. The normalized spacial score (nSPS) is 9.65. The van der Waals surface area contributed by atoms with Crippen molar-refractivity contribution in [1.29, 1.82) is 0 Å². The van der Waals surface area contributed by atoms with E-state index in [0.717, 1.165) is 6.29 Å². The summed E-state index contributed by atoms with van der Waals surface area (Å²) >= 11 is 0. The number of ether oxygens (including phenoxy) is 1. The minimum absolute atomic E-state index is 0.164. The van der Waals surface area contributed by atoms with E-state index in [1.165, 1.54) is 0 Å². The molecule has 0 aliphatic heterocycles. The smallest absolute Gasteiger partial charge is 0.286 e. The first kappa shape index (κ1) is 13.0. The molecule has 90 valence electrons. The van der Waals surface area contributed by atoms with E-state index in [1.807, 2.05) is 0 Å². The molecule has 0 spiro atoms. The summed E-state index contributed by atoms with van der Waals surface area (Å²) in [5.74, 6) is 0.0516. The third kappa shape index (κ3) is 5.01. The van der Waals surface area contributed by atoms with Gasteiger partial charge in [0.2, 0.25) is 0 Å². The molecule has 5 nitrogen and oxygen atoms in total. The van der Waals surface area contributed by atoms with Crippen molar-refractivity contribution in [2.75, 3.05) is 6.61 Å². The number of nitroso groups, excluding NO2 is 1. The van der Waals surface area contributed by atoms with Crippen molar-refractivity contribution in [3.05, 3.63) is 34.7 Å². The Morgan fingerprint density at radius 1 is 1.24 bits per heavy atom. The number of unbranched alkanes of at least 4 members (excludes halogenated alkanes) is 1. The van der Waals surface area contributed by atoms with Crippen molar-refractivity contribution in [2.24, 2.45) is 5.18 Å². The van der Waals surface area contributed by atoms with Crippen molar-refractivity contribution in [3.63, 3.8) is 0 Å². The van der Waals surface area contributed by atoms with Gasteiger partial charge in [-0.2, -0.15) is 0 Å². The average molecular weight is 235 g/mol. The second kappa shape index (κ2) is 7.27. The van der Waals surface area contributed by atoms with Crippen LogP contribution in [0, 0.1) is 4.91 Å². The SMILES string of the molecule is O=Cc1ccc(OCCCCC(=O)N=O)cc1. The van der Waals surface area contributed by atoms with Crippen molar-refractivity contribution < 1.29 is 14.3 Å². The largest absolute Gasteiger partial charge is 0.494 e. The summed E-state index contributed by atoms with van der Waals surface area (Å²) in [6, 6.07) is 6.76. The lowest BCUT2D eigenvalue weighted by atomic mass is 10.2. The second-order valence-electron chi connectivity index (χ2n) is 3.48. The van der Waals surface area contributed by atoms with Crippen molar-refractivity contribution in [1.82, 2.24) is 0 Å². The van der Waals surface area contributed by atoms with Crippen LogP contribution in [0.4, 0.5) is 0 Å². The molecule has 0 unspecified atom stereocenters. The highest BCUT2D eigenvalue weighted by Crippen LogP contribution is 2.11. The standard InChI is InChI=1S/C12H13NO4/c14-9-10-4-6-11(7-5-10)17-8-2-1-3-12(15)13-16/h4-7,9H,1-3,8H2. The summed E-state index contributed by atoms with van der Waals surface area (Å²) in [7, 11) is 0. The molecule has 0 fully saturated rings. The van der Waals surface area contributed by atoms with Crippen LogP contribution in [0.15, 0.2) is 29.4 Å². The maximum absolute atomic E-state index is 10.6. The first-order chi connectivity index (χ1) is 8.26. The van der Waals surface area contributed by atoms with Crippen LogP contribution >= 0.6 is 0 Å². The van der Waals surface area contributed by atoms with Gasteiger partial charge in [0, 0.05) is 17.2 Å². The Labute approximate surface area is 98.8 Å². The molecule has 0 saturated carbocycles. The van der Waals surface area contributed by atoms with Crippen LogP contribution in [0.5, 0.6) is 5.75 Å². The van der Waals surface area contributed by atoms with Gasteiger partial charge in [-0.05, 0) is 37.1 Å². The number of nitrogens with zero attached hydrogens (tertiary/aromatic N) is 1. The summed E-state index contributed by atoms with van der Waals surface area (Å²) in [5.41, 5.74) is 0.597. The molecule has 0 heterocycles. The van der Waals surface area contributed by atoms with Crippen LogP contribution in [0.1, 0.15) is 29.6 Å². The van der Waals surface area contributed by atoms with E-state index in [0.29, 0.717) is 30.8 Å². The molecule has 1 aromatic carbocycles. The van der Waals surface area contributed by atoms with Gasteiger partial charge in [-0.25, -0.2) is 0 Å². The summed E-state index contributed by atoms with van der Waals surface area (Å²) in [5, 5.41) is 2.30. The third-order valence-corrected chi connectivity index (χ3v) is 2.17. The first-order valence-electron chi connectivity index (χ1n) is 5.30. The summed E-state index contributed by atoms with van der Waals surface area (Å²) in [6.45, 7) is 0.465. The second-order valence-corrected chi connectivity index (χ2v) is 3.48. The molecular weight excluding hydrogens is 222 g/mol. The molecule has 17 heavy (non-hydrogen) atoms. The van der Waals surface area contributed by atoms with Gasteiger partial charge < -0.3 is 4.74 Å². The number of amides is 1. The maximum Gasteiger partial charge on any atom is 0.286 e. The van der Waals surface area contributed by atoms with E-state index >= 15 is 0 Å². The van der Waals surface area contributed by atoms with E-state index in [9.17, 15) is 14.5 Å². The zero-order valence-corrected chi connectivity index (χ0v) is 9.30. The van der Waals surface area contributed by atoms with Gasteiger partial charge in [-0.1, -0.05) is 0 Å². The molecule has 0 saturated heterocycles. The predicted octanol–water partition coefficient (Wildman–Crippen LogP) is 2.34. The minimum Gasteiger partial charge on any atom is -0.494 e. The highest BCUT2D eigenvalue weighted by Gasteiger charge is 2.00. The lowest BCUT2D eigenvalue weighted by molar-refractivity contribution is -0.118. The number of carbonyl (C=O) groups excluding carboxylic acids is 2. The molecule has 1 aromatic rings. The summed E-state index contributed by atoms with van der Waals surface area (Å²) in [6.07, 6.45) is 2.19. The number of hydrogen-bond acceptors (Lipinski definition) is 4. The van der Waals surface area contributed by atoms with Crippen LogP contribution in [0.2, 0.25) is 0 Å². The van der Waals surface area contributed by atoms with Crippen LogP contribution in [-0.4, -0.2) is 18.8 Å². The predicted molar refractivity (Wildman–Crippen MR) is 62.0 cm³/mol. The lowest BCUT2D eigenvalue weighted by Crippen LogP contribution is -1.99. The van der Waals surface area contributed by atoms with E-state index in [1.54, 1.807) is 24.3 Å². The molecule has 1 amide bonds. The van der Waals surface area contributed by atoms with Crippen LogP contribution in [0.25, 0.3) is 0 Å². The zero-order chi connectivity index (χ0) is 12.5. The van der Waals surface area contributed by atoms with Crippen molar-refractivity contribution in [3.8, 4) is 5.75 Å². The van der Waals surface area contributed by atoms with Crippen LogP contribution in [0.3, 0.4) is 0 Å². The number of benzene rings is 1. The minimum atomic E-state index is -0.625. The number of hydrogen-bond donors (Lipinski definition) is 0. The van der Waals surface area contributed by atoms with Gasteiger partial charge in [0.15, 0.2) is 0 Å². The molecule has 0 radical (unpaired) electrons. The Bertz CT molecular complexity index is 386. The van der Waals surface area contributed by atoms with E-state index in [4.69, 9.17) is 4.74 Å². The fraction of sp³-hybridized carbons (Fsp3) is 0.333. The van der Waals surface area contributed by atoms with Crippen molar-refractivity contribution in [2.45, 2.75) is 19.3 Å². The monoisotopic (exact) mass is 235 g/mol. The van der Waals surface area contributed by atoms with Crippen molar-refractivity contribution >= 4 is 12.2 Å². The van der Waals surface area contributed by atoms with Gasteiger partial charge in [-0.3, -0.25) is 9.59 Å². The number of rotatable bonds is 7. The van der Waals surface area contributed by atoms with Gasteiger partial charge in [-0.15, -0.1) is 4.91 Å². The molecule has 0 aliphatic rings. The van der Waals surface area contributed by atoms with E-state index in [-0.39, 0.29) is 6.42 Å². The van der Waals surface area contributed by atoms with Crippen LogP contribution < -0.4 is 4.74 Å². The zero-order valence-electron chi connectivity index (χ0n) is 9.30. The highest BCUT2D eigenvalue weighted by molar-refractivity contribution is 5.76. The quantitative estimate of drug-likeness (QED) is 0.413. The molecule has 1 rings (SSSR count). The topological polar surface area (TPSA) is 72.8 Å². The lowest BCUT2D eigenvalue weighted by Gasteiger charge is -2.05. The fourth-order valence-electron chi connectivity index (χ4n) is 1.26. The number of carbonyl (C=O) groups is 2. The molecule has 0 aliphatic carbocycles.